The number of nitrogens with zero attached hydrogens (tertiary/aromatic N) is 1. The van der Waals surface area contributed by atoms with Crippen molar-refractivity contribution in [3.63, 3.8) is 0 Å². The Morgan fingerprint density at radius 3 is 1.97 bits per heavy atom. The van der Waals surface area contributed by atoms with Gasteiger partial charge in [0.2, 0.25) is 0 Å². The number of carboxylic acid groups (broad SMARTS) is 1. The van der Waals surface area contributed by atoms with E-state index in [2.05, 4.69) is 5.32 Å². The van der Waals surface area contributed by atoms with Crippen molar-refractivity contribution in [2.24, 2.45) is 0 Å². The lowest BCUT2D eigenvalue weighted by Gasteiger charge is -2.30. The second-order valence-corrected chi connectivity index (χ2v) is 7.32. The third-order valence-corrected chi connectivity index (χ3v) is 5.29. The van der Waals surface area contributed by atoms with E-state index in [1.165, 1.54) is 13.8 Å². The molecule has 8 heteroatoms. The number of hydrogen-bond donors (Lipinski definition) is 4. The molecule has 0 unspecified atom stereocenters. The van der Waals surface area contributed by atoms with Crippen LogP contribution in [-0.4, -0.2) is 63.9 Å². The molecule has 0 heterocycles. The summed E-state index contributed by atoms with van der Waals surface area (Å²) in [7, 11) is 0. The summed E-state index contributed by atoms with van der Waals surface area (Å²) in [6.07, 6.45) is -3.05. The lowest BCUT2D eigenvalue weighted by atomic mass is 9.98. The predicted octanol–water partition coefficient (Wildman–Crippen LogP) is 1.96. The minimum atomic E-state index is -1.36. The first-order chi connectivity index (χ1) is 14.3. The van der Waals surface area contributed by atoms with Gasteiger partial charge in [-0.2, -0.15) is 0 Å². The van der Waals surface area contributed by atoms with Gasteiger partial charge in [-0.1, -0.05) is 48.5 Å². The quantitative estimate of drug-likeness (QED) is 0.488. The highest BCUT2D eigenvalue weighted by atomic mass is 16.5. The molecule has 0 aromatic heterocycles. The number of rotatable bonds is 8. The first kappa shape index (κ1) is 21.8. The van der Waals surface area contributed by atoms with E-state index in [4.69, 9.17) is 4.74 Å². The average molecular weight is 414 g/mol. The first-order valence-corrected chi connectivity index (χ1v) is 9.75. The number of carbonyl (C=O) groups excluding carboxylic acids is 1. The Bertz CT molecular complexity index is 861. The molecule has 3 rings (SSSR count). The van der Waals surface area contributed by atoms with Gasteiger partial charge in [0.15, 0.2) is 0 Å². The van der Waals surface area contributed by atoms with Crippen molar-refractivity contribution in [2.45, 2.75) is 38.3 Å². The van der Waals surface area contributed by atoms with Crippen molar-refractivity contribution in [1.82, 2.24) is 10.2 Å². The minimum Gasteiger partial charge on any atom is -0.480 e. The Kier molecular flexibility index (Phi) is 6.71. The molecular weight excluding hydrogens is 388 g/mol. The number of aliphatic hydroxyl groups excluding tert-OH is 2. The lowest BCUT2D eigenvalue weighted by molar-refractivity contribution is -0.143. The zero-order chi connectivity index (χ0) is 21.8. The number of carboxylic acids is 1. The molecule has 0 spiro atoms. The van der Waals surface area contributed by atoms with Crippen LogP contribution in [0.15, 0.2) is 48.5 Å². The number of alkyl carbamates (subject to hydrolysis) is 1. The van der Waals surface area contributed by atoms with Crippen LogP contribution in [0.4, 0.5) is 4.79 Å². The van der Waals surface area contributed by atoms with Crippen molar-refractivity contribution in [3.05, 3.63) is 59.7 Å². The highest BCUT2D eigenvalue weighted by molar-refractivity contribution is 5.81. The highest BCUT2D eigenvalue weighted by Gasteiger charge is 2.31. The van der Waals surface area contributed by atoms with Gasteiger partial charge in [-0.15, -0.1) is 0 Å². The molecule has 0 fully saturated rings. The van der Waals surface area contributed by atoms with E-state index in [0.29, 0.717) is 0 Å². The van der Waals surface area contributed by atoms with Crippen molar-refractivity contribution in [3.8, 4) is 11.1 Å². The molecular formula is C22H26N2O6. The zero-order valence-electron chi connectivity index (χ0n) is 16.9. The molecule has 2 aromatic rings. The maximum Gasteiger partial charge on any atom is 0.407 e. The summed E-state index contributed by atoms with van der Waals surface area (Å²) < 4.78 is 5.37. The molecule has 3 atom stereocenters. The van der Waals surface area contributed by atoms with Crippen LogP contribution in [0.1, 0.15) is 30.9 Å². The van der Waals surface area contributed by atoms with Crippen LogP contribution in [0.5, 0.6) is 0 Å². The van der Waals surface area contributed by atoms with E-state index in [1.807, 2.05) is 48.5 Å². The summed E-state index contributed by atoms with van der Waals surface area (Å²) in [6, 6.07) is 14.4. The molecule has 160 valence electrons. The molecule has 8 nitrogen and oxygen atoms in total. The van der Waals surface area contributed by atoms with Gasteiger partial charge in [0.25, 0.3) is 0 Å². The number of carbonyl (C=O) groups is 2. The van der Waals surface area contributed by atoms with Gasteiger partial charge in [-0.3, -0.25) is 4.90 Å². The molecule has 0 bridgehead atoms. The number of fused-ring (bicyclic) bond motifs is 3. The summed E-state index contributed by atoms with van der Waals surface area (Å²) in [4.78, 5) is 25.0. The number of ether oxygens (including phenoxy) is 1. The summed E-state index contributed by atoms with van der Waals surface area (Å²) >= 11 is 0. The Morgan fingerprint density at radius 2 is 1.50 bits per heavy atom. The third-order valence-electron chi connectivity index (χ3n) is 5.29. The fraction of sp³-hybridized carbons (Fsp3) is 0.364. The minimum absolute atomic E-state index is 0.0583. The normalized spacial score (nSPS) is 15.8. The number of hydrogen-bond acceptors (Lipinski definition) is 6. The molecule has 0 radical (unpaired) electrons. The van der Waals surface area contributed by atoms with E-state index in [0.717, 1.165) is 27.2 Å². The van der Waals surface area contributed by atoms with Gasteiger partial charge in [-0.25, -0.2) is 9.59 Å². The second-order valence-electron chi connectivity index (χ2n) is 7.32. The topological polar surface area (TPSA) is 119 Å². The van der Waals surface area contributed by atoms with Crippen molar-refractivity contribution in [1.29, 1.82) is 0 Å². The standard InChI is InChI=1S/C22H26N2O6/c1-13(25)24(14(2)26)11-20(21(27)28)23-22(29)30-12-19-17-9-5-3-7-15(17)16-8-4-6-10-18(16)19/h3-10,13-14,19-20,25-26H,11-12H2,1-2H3,(H,23,29)(H,27,28)/t13-,14-,20-/m0/s1. The van der Waals surface area contributed by atoms with Crippen molar-refractivity contribution in [2.75, 3.05) is 13.2 Å². The van der Waals surface area contributed by atoms with Crippen molar-refractivity contribution < 1.29 is 29.6 Å². The number of nitrogens with one attached hydrogen (secondary N) is 1. The third kappa shape index (κ3) is 4.62. The largest absolute Gasteiger partial charge is 0.480 e. The Balaban J connectivity index is 1.67. The van der Waals surface area contributed by atoms with Crippen molar-refractivity contribution >= 4 is 12.1 Å². The predicted molar refractivity (Wildman–Crippen MR) is 110 cm³/mol. The van der Waals surface area contributed by atoms with E-state index >= 15 is 0 Å². The van der Waals surface area contributed by atoms with E-state index in [-0.39, 0.29) is 19.1 Å². The van der Waals surface area contributed by atoms with Gasteiger partial charge in [-0.05, 0) is 36.1 Å². The van der Waals surface area contributed by atoms with Gasteiger partial charge in [0, 0.05) is 12.5 Å². The summed E-state index contributed by atoms with van der Waals surface area (Å²) in [5, 5.41) is 31.1. The lowest BCUT2D eigenvalue weighted by Crippen LogP contribution is -2.53. The summed E-state index contributed by atoms with van der Waals surface area (Å²) in [5.74, 6) is -1.44. The van der Waals surface area contributed by atoms with E-state index in [9.17, 15) is 24.9 Å². The molecule has 0 saturated carbocycles. The molecule has 30 heavy (non-hydrogen) atoms. The number of amides is 1. The van der Waals surface area contributed by atoms with E-state index in [1.54, 1.807) is 0 Å². The molecule has 2 aromatic carbocycles. The van der Waals surface area contributed by atoms with Crippen LogP contribution in [0, 0.1) is 0 Å². The monoisotopic (exact) mass is 414 g/mol. The van der Waals surface area contributed by atoms with Gasteiger partial charge >= 0.3 is 12.1 Å². The number of benzene rings is 2. The molecule has 1 aliphatic rings. The van der Waals surface area contributed by atoms with Gasteiger partial charge in [0.1, 0.15) is 25.1 Å². The summed E-state index contributed by atoms with van der Waals surface area (Å²) in [5.41, 5.74) is 4.29. The maximum atomic E-state index is 12.3. The Morgan fingerprint density at radius 1 is 1.00 bits per heavy atom. The number of aliphatic hydroxyl groups is 2. The van der Waals surface area contributed by atoms with Crippen LogP contribution >= 0.6 is 0 Å². The van der Waals surface area contributed by atoms with Crippen LogP contribution < -0.4 is 5.32 Å². The molecule has 0 aliphatic heterocycles. The SMILES string of the molecule is C[C@H](O)N(C[C@H](NC(=O)OCC1c2ccccc2-c2ccccc21)C(=O)O)[C@H](C)O. The van der Waals surface area contributed by atoms with Crippen LogP contribution in [0.2, 0.25) is 0 Å². The van der Waals surface area contributed by atoms with E-state index < -0.39 is 30.6 Å². The molecule has 0 saturated heterocycles. The highest BCUT2D eigenvalue weighted by Crippen LogP contribution is 2.44. The fourth-order valence-electron chi connectivity index (χ4n) is 3.80. The van der Waals surface area contributed by atoms with Gasteiger partial charge in [0.05, 0.1) is 0 Å². The Hall–Kier alpha value is -2.94. The first-order valence-electron chi connectivity index (χ1n) is 9.75. The van der Waals surface area contributed by atoms with Crippen LogP contribution in [-0.2, 0) is 9.53 Å². The smallest absolute Gasteiger partial charge is 0.407 e. The zero-order valence-corrected chi connectivity index (χ0v) is 16.9. The van der Waals surface area contributed by atoms with Gasteiger partial charge < -0.3 is 25.4 Å². The molecule has 1 aliphatic carbocycles. The maximum absolute atomic E-state index is 12.3. The molecule has 1 amide bonds. The fourth-order valence-corrected chi connectivity index (χ4v) is 3.80. The van der Waals surface area contributed by atoms with Crippen LogP contribution in [0.25, 0.3) is 11.1 Å². The Labute approximate surface area is 174 Å². The van der Waals surface area contributed by atoms with Crippen LogP contribution in [0.3, 0.4) is 0 Å². The second kappa shape index (κ2) is 9.25. The number of aliphatic carboxylic acids is 1. The average Bonchev–Trinajstić information content (AvgIpc) is 3.02. The summed E-state index contributed by atoms with van der Waals surface area (Å²) in [6.45, 7) is 2.58. The molecule has 4 N–H and O–H groups in total.